The van der Waals surface area contributed by atoms with Crippen molar-refractivity contribution in [2.75, 3.05) is 10.0 Å². The van der Waals surface area contributed by atoms with Crippen molar-refractivity contribution in [2.45, 2.75) is 28.9 Å². The molecule has 0 aliphatic rings. The van der Waals surface area contributed by atoms with E-state index >= 15 is 0 Å². The maximum absolute atomic E-state index is 13.4. The predicted octanol–water partition coefficient (Wildman–Crippen LogP) is 6.27. The molecule has 7 nitrogen and oxygen atoms in total. The van der Waals surface area contributed by atoms with Gasteiger partial charge in [0.1, 0.15) is 5.25 Å². The van der Waals surface area contributed by atoms with Gasteiger partial charge in [0.25, 0.3) is 10.0 Å². The Morgan fingerprint density at radius 3 is 2.13 bits per heavy atom. The number of carboxylic acid groups (broad SMARTS) is 1. The summed E-state index contributed by atoms with van der Waals surface area (Å²) < 4.78 is 28.0. The standard InChI is InChI=1S/C29H26N2O5S2/c1-19-8-16-25(17-9-19)38(35,36)31-23-12-14-24(15-13-23)37-27(21-6-4-3-5-7-21)28(32)30-26-18-22(29(33)34)11-10-20(26)2/h3-18,27,31H,1-2H3,(H,30,32)(H,33,34). The Balaban J connectivity index is 1.54. The van der Waals surface area contributed by atoms with E-state index in [2.05, 4.69) is 10.0 Å². The van der Waals surface area contributed by atoms with Crippen molar-refractivity contribution in [1.29, 1.82) is 0 Å². The lowest BCUT2D eigenvalue weighted by Crippen LogP contribution is -2.20. The monoisotopic (exact) mass is 546 g/mol. The topological polar surface area (TPSA) is 113 Å². The first-order valence-electron chi connectivity index (χ1n) is 11.7. The number of aryl methyl sites for hydroxylation is 2. The smallest absolute Gasteiger partial charge is 0.335 e. The van der Waals surface area contributed by atoms with E-state index in [4.69, 9.17) is 0 Å². The third-order valence-electron chi connectivity index (χ3n) is 5.77. The first-order chi connectivity index (χ1) is 18.1. The summed E-state index contributed by atoms with van der Waals surface area (Å²) >= 11 is 1.30. The van der Waals surface area contributed by atoms with Crippen LogP contribution in [-0.4, -0.2) is 25.4 Å². The van der Waals surface area contributed by atoms with Gasteiger partial charge >= 0.3 is 5.97 Å². The molecule has 0 saturated carbocycles. The molecule has 194 valence electrons. The van der Waals surface area contributed by atoms with Crippen LogP contribution in [0.2, 0.25) is 0 Å². The van der Waals surface area contributed by atoms with Crippen molar-refractivity contribution in [1.82, 2.24) is 0 Å². The van der Waals surface area contributed by atoms with Gasteiger partial charge < -0.3 is 10.4 Å². The van der Waals surface area contributed by atoms with Crippen LogP contribution in [0.5, 0.6) is 0 Å². The molecule has 1 unspecified atom stereocenters. The van der Waals surface area contributed by atoms with Crippen molar-refractivity contribution in [3.8, 4) is 0 Å². The van der Waals surface area contributed by atoms with Gasteiger partial charge in [0.05, 0.1) is 10.5 Å². The van der Waals surface area contributed by atoms with Gasteiger partial charge in [0.2, 0.25) is 5.91 Å². The lowest BCUT2D eigenvalue weighted by Gasteiger charge is -2.18. The number of hydrogen-bond acceptors (Lipinski definition) is 5. The maximum atomic E-state index is 13.4. The number of carboxylic acids is 1. The van der Waals surface area contributed by atoms with Crippen LogP contribution >= 0.6 is 11.8 Å². The number of sulfonamides is 1. The number of aromatic carboxylic acids is 1. The summed E-state index contributed by atoms with van der Waals surface area (Å²) in [6.07, 6.45) is 0. The molecular weight excluding hydrogens is 520 g/mol. The second-order valence-electron chi connectivity index (χ2n) is 8.68. The number of amides is 1. The zero-order valence-electron chi connectivity index (χ0n) is 20.7. The second kappa shape index (κ2) is 11.5. The number of rotatable bonds is 9. The molecule has 0 aliphatic carbocycles. The highest BCUT2D eigenvalue weighted by Crippen LogP contribution is 2.37. The lowest BCUT2D eigenvalue weighted by molar-refractivity contribution is -0.115. The van der Waals surface area contributed by atoms with Gasteiger partial charge in [-0.15, -0.1) is 11.8 Å². The SMILES string of the molecule is Cc1ccc(S(=O)(=O)Nc2ccc(SC(C(=O)Nc3cc(C(=O)O)ccc3C)c3ccccc3)cc2)cc1. The zero-order chi connectivity index (χ0) is 27.3. The van der Waals surface area contributed by atoms with Gasteiger partial charge in [-0.05, 0) is 73.5 Å². The number of benzene rings is 4. The summed E-state index contributed by atoms with van der Waals surface area (Å²) in [5.41, 5.74) is 3.39. The fraction of sp³-hybridized carbons (Fsp3) is 0.103. The lowest BCUT2D eigenvalue weighted by atomic mass is 10.1. The summed E-state index contributed by atoms with van der Waals surface area (Å²) in [6, 6.07) is 27.2. The normalized spacial score (nSPS) is 11.9. The van der Waals surface area contributed by atoms with Crippen molar-refractivity contribution < 1.29 is 23.1 Å². The Bertz CT molecular complexity index is 1550. The van der Waals surface area contributed by atoms with Crippen molar-refractivity contribution >= 4 is 45.0 Å². The van der Waals surface area contributed by atoms with Gasteiger partial charge in [-0.2, -0.15) is 0 Å². The van der Waals surface area contributed by atoms with E-state index in [9.17, 15) is 23.1 Å². The molecule has 0 fully saturated rings. The van der Waals surface area contributed by atoms with E-state index in [1.165, 1.54) is 23.9 Å². The molecule has 0 aromatic heterocycles. The van der Waals surface area contributed by atoms with Gasteiger partial charge in [0.15, 0.2) is 0 Å². The summed E-state index contributed by atoms with van der Waals surface area (Å²) in [5.74, 6) is -1.39. The van der Waals surface area contributed by atoms with Gasteiger partial charge in [-0.3, -0.25) is 9.52 Å². The van der Waals surface area contributed by atoms with Crippen LogP contribution in [0.25, 0.3) is 0 Å². The maximum Gasteiger partial charge on any atom is 0.335 e. The average Bonchev–Trinajstić information content (AvgIpc) is 2.90. The van der Waals surface area contributed by atoms with Crippen LogP contribution in [-0.2, 0) is 14.8 Å². The number of thioether (sulfide) groups is 1. The quantitative estimate of drug-likeness (QED) is 0.213. The van der Waals surface area contributed by atoms with Crippen LogP contribution in [0.1, 0.15) is 32.3 Å². The van der Waals surface area contributed by atoms with E-state index in [1.807, 2.05) is 37.3 Å². The molecule has 4 aromatic carbocycles. The Kier molecular flexibility index (Phi) is 8.19. The highest BCUT2D eigenvalue weighted by Gasteiger charge is 2.23. The molecule has 1 amide bonds. The Morgan fingerprint density at radius 1 is 0.842 bits per heavy atom. The average molecular weight is 547 g/mol. The molecule has 1 atom stereocenters. The molecule has 3 N–H and O–H groups in total. The minimum Gasteiger partial charge on any atom is -0.478 e. The molecule has 0 saturated heterocycles. The van der Waals surface area contributed by atoms with Gasteiger partial charge in [-0.1, -0.05) is 54.1 Å². The summed E-state index contributed by atoms with van der Waals surface area (Å²) in [7, 11) is -3.73. The zero-order valence-corrected chi connectivity index (χ0v) is 22.3. The molecule has 9 heteroatoms. The van der Waals surface area contributed by atoms with Crippen molar-refractivity contribution in [2.24, 2.45) is 0 Å². The predicted molar refractivity (Wildman–Crippen MR) is 150 cm³/mol. The van der Waals surface area contributed by atoms with Crippen LogP contribution in [0.3, 0.4) is 0 Å². The number of hydrogen-bond donors (Lipinski definition) is 3. The molecule has 38 heavy (non-hydrogen) atoms. The molecule has 4 rings (SSSR count). The molecule has 0 spiro atoms. The van der Waals surface area contributed by atoms with E-state index in [1.54, 1.807) is 61.5 Å². The van der Waals surface area contributed by atoms with E-state index in [0.29, 0.717) is 11.4 Å². The summed E-state index contributed by atoms with van der Waals surface area (Å²) in [5, 5.41) is 11.6. The molecular formula is C29H26N2O5S2. The van der Waals surface area contributed by atoms with E-state index in [0.717, 1.165) is 21.6 Å². The summed E-state index contributed by atoms with van der Waals surface area (Å²) in [4.78, 5) is 25.7. The van der Waals surface area contributed by atoms with Crippen LogP contribution in [0.4, 0.5) is 11.4 Å². The molecule has 0 radical (unpaired) electrons. The largest absolute Gasteiger partial charge is 0.478 e. The van der Waals surface area contributed by atoms with E-state index in [-0.39, 0.29) is 16.4 Å². The summed E-state index contributed by atoms with van der Waals surface area (Å²) in [6.45, 7) is 3.68. The van der Waals surface area contributed by atoms with Crippen molar-refractivity contribution in [3.05, 3.63) is 119 Å². The minimum atomic E-state index is -3.73. The number of carbonyl (C=O) groups excluding carboxylic acids is 1. The first kappa shape index (κ1) is 27.0. The minimum absolute atomic E-state index is 0.0819. The highest BCUT2D eigenvalue weighted by molar-refractivity contribution is 8.00. The molecule has 4 aromatic rings. The van der Waals surface area contributed by atoms with E-state index < -0.39 is 21.2 Å². The Labute approximate surface area is 226 Å². The third-order valence-corrected chi connectivity index (χ3v) is 8.44. The molecule has 0 aliphatic heterocycles. The Hall–Kier alpha value is -4.08. The molecule has 0 bridgehead atoms. The van der Waals surface area contributed by atoms with Crippen LogP contribution < -0.4 is 10.0 Å². The number of anilines is 2. The third kappa shape index (κ3) is 6.62. The van der Waals surface area contributed by atoms with Gasteiger partial charge in [-0.25, -0.2) is 13.2 Å². The van der Waals surface area contributed by atoms with Crippen LogP contribution in [0.15, 0.2) is 107 Å². The Morgan fingerprint density at radius 2 is 1.50 bits per heavy atom. The fourth-order valence-corrected chi connectivity index (χ4v) is 5.74. The molecule has 0 heterocycles. The first-order valence-corrected chi connectivity index (χ1v) is 14.0. The number of nitrogens with one attached hydrogen (secondary N) is 2. The fourth-order valence-electron chi connectivity index (χ4n) is 3.66. The van der Waals surface area contributed by atoms with Gasteiger partial charge in [0, 0.05) is 16.3 Å². The highest BCUT2D eigenvalue weighted by atomic mass is 32.2. The van der Waals surface area contributed by atoms with Crippen LogP contribution in [0, 0.1) is 13.8 Å². The van der Waals surface area contributed by atoms with Crippen molar-refractivity contribution in [3.63, 3.8) is 0 Å². The number of carbonyl (C=O) groups is 2. The second-order valence-corrected chi connectivity index (χ2v) is 11.5.